The molecule has 2 amide bonds. The molecule has 0 radical (unpaired) electrons. The van der Waals surface area contributed by atoms with Crippen LogP contribution in [-0.2, 0) is 6.54 Å². The van der Waals surface area contributed by atoms with Gasteiger partial charge in [-0.15, -0.1) is 0 Å². The van der Waals surface area contributed by atoms with Crippen LogP contribution in [0.5, 0.6) is 0 Å². The summed E-state index contributed by atoms with van der Waals surface area (Å²) in [6.07, 6.45) is -0.662. The van der Waals surface area contributed by atoms with Crippen LogP contribution in [0.2, 0.25) is 10.0 Å². The summed E-state index contributed by atoms with van der Waals surface area (Å²) in [7, 11) is 0. The molecule has 2 atom stereocenters. The molecular weight excluding hydrogens is 523 g/mol. The van der Waals surface area contributed by atoms with Crippen molar-refractivity contribution in [3.05, 3.63) is 99.5 Å². The van der Waals surface area contributed by atoms with Crippen LogP contribution in [0.4, 0.5) is 5.69 Å². The van der Waals surface area contributed by atoms with E-state index in [1.807, 2.05) is 35.2 Å². The second kappa shape index (κ2) is 11.7. The Hall–Kier alpha value is -3.10. The van der Waals surface area contributed by atoms with Gasteiger partial charge < -0.3 is 20.2 Å². The van der Waals surface area contributed by atoms with Crippen molar-refractivity contribution in [1.29, 1.82) is 0 Å². The van der Waals surface area contributed by atoms with Gasteiger partial charge in [0, 0.05) is 67.1 Å². The van der Waals surface area contributed by atoms with Crippen LogP contribution < -0.4 is 5.32 Å². The highest BCUT2D eigenvalue weighted by Crippen LogP contribution is 2.27. The minimum atomic E-state index is -0.662. The number of carbonyl (C=O) groups excluding carboxylic acids is 2. The van der Waals surface area contributed by atoms with Gasteiger partial charge in [0.15, 0.2) is 0 Å². The van der Waals surface area contributed by atoms with Crippen LogP contribution in [-0.4, -0.2) is 83.0 Å². The van der Waals surface area contributed by atoms with Crippen molar-refractivity contribution in [2.24, 2.45) is 0 Å². The number of hydrogen-bond acceptors (Lipinski definition) is 5. The lowest BCUT2D eigenvalue weighted by molar-refractivity contribution is 0.0376. The predicted octanol–water partition coefficient (Wildman–Crippen LogP) is 4.25. The Labute approximate surface area is 232 Å². The number of β-amino-alcohol motifs (C(OH)–C–C–N with tert-alkyl or cyclic N) is 1. The molecule has 2 heterocycles. The zero-order valence-corrected chi connectivity index (χ0v) is 22.4. The number of anilines is 1. The van der Waals surface area contributed by atoms with Crippen molar-refractivity contribution in [2.45, 2.75) is 18.7 Å². The van der Waals surface area contributed by atoms with E-state index in [4.69, 9.17) is 23.2 Å². The van der Waals surface area contributed by atoms with Crippen molar-refractivity contribution in [3.63, 3.8) is 0 Å². The van der Waals surface area contributed by atoms with E-state index in [9.17, 15) is 14.7 Å². The molecule has 3 aromatic carbocycles. The van der Waals surface area contributed by atoms with E-state index < -0.39 is 6.10 Å². The largest absolute Gasteiger partial charge is 0.390 e. The fourth-order valence-corrected chi connectivity index (χ4v) is 5.44. The molecule has 7 nitrogen and oxygen atoms in total. The molecule has 0 saturated carbocycles. The van der Waals surface area contributed by atoms with Crippen molar-refractivity contribution < 1.29 is 14.7 Å². The third-order valence-corrected chi connectivity index (χ3v) is 7.73. The van der Waals surface area contributed by atoms with Gasteiger partial charge in [0.25, 0.3) is 11.8 Å². The fraction of sp³-hybridized carbons (Fsp3) is 0.310. The molecule has 2 fully saturated rings. The van der Waals surface area contributed by atoms with E-state index >= 15 is 0 Å². The van der Waals surface area contributed by atoms with E-state index in [2.05, 4.69) is 10.2 Å². The monoisotopic (exact) mass is 552 g/mol. The van der Waals surface area contributed by atoms with E-state index in [1.165, 1.54) is 0 Å². The van der Waals surface area contributed by atoms with Crippen LogP contribution in [0, 0.1) is 0 Å². The van der Waals surface area contributed by atoms with E-state index in [1.54, 1.807) is 47.4 Å². The molecule has 2 unspecified atom stereocenters. The number of amides is 2. The van der Waals surface area contributed by atoms with E-state index in [0.29, 0.717) is 66.1 Å². The number of carbonyl (C=O) groups is 2. The van der Waals surface area contributed by atoms with Gasteiger partial charge in [0.1, 0.15) is 0 Å². The van der Waals surface area contributed by atoms with Crippen LogP contribution in [0.3, 0.4) is 0 Å². The lowest BCUT2D eigenvalue weighted by atomic mass is 10.1. The predicted molar refractivity (Wildman–Crippen MR) is 150 cm³/mol. The molecule has 3 aromatic rings. The summed E-state index contributed by atoms with van der Waals surface area (Å²) in [4.78, 5) is 32.1. The van der Waals surface area contributed by atoms with Gasteiger partial charge >= 0.3 is 0 Å². The quantitative estimate of drug-likeness (QED) is 0.478. The van der Waals surface area contributed by atoms with Crippen LogP contribution in [0.15, 0.2) is 72.8 Å². The third kappa shape index (κ3) is 5.97. The Balaban J connectivity index is 1.21. The van der Waals surface area contributed by atoms with Crippen LogP contribution in [0.1, 0.15) is 26.3 Å². The average Bonchev–Trinajstić information content (AvgIpc) is 3.34. The Morgan fingerprint density at radius 1 is 0.816 bits per heavy atom. The van der Waals surface area contributed by atoms with Gasteiger partial charge in [0.05, 0.1) is 17.7 Å². The first-order valence-electron chi connectivity index (χ1n) is 12.7. The standard InChI is InChI=1S/C29H30Cl2N4O3/c30-22-8-6-21(7-9-22)28(37)34-14-12-33(13-15-34)26-18-35(19-27(26)36)29(38)24-11-10-23(31)16-25(24)32-17-20-4-2-1-3-5-20/h1-11,16,26-27,32,36H,12-15,17-19H2. The summed E-state index contributed by atoms with van der Waals surface area (Å²) in [5.41, 5.74) is 2.89. The first kappa shape index (κ1) is 26.5. The molecule has 38 heavy (non-hydrogen) atoms. The molecule has 198 valence electrons. The Morgan fingerprint density at radius 3 is 2.21 bits per heavy atom. The number of aliphatic hydroxyl groups is 1. The Morgan fingerprint density at radius 2 is 1.50 bits per heavy atom. The molecule has 2 aliphatic rings. The molecule has 0 bridgehead atoms. The van der Waals surface area contributed by atoms with Crippen molar-refractivity contribution in [1.82, 2.24) is 14.7 Å². The number of piperazine rings is 1. The maximum absolute atomic E-state index is 13.5. The van der Waals surface area contributed by atoms with Gasteiger partial charge in [-0.05, 0) is 48.0 Å². The summed E-state index contributed by atoms with van der Waals surface area (Å²) >= 11 is 12.2. The number of halogens is 2. The number of benzene rings is 3. The minimum Gasteiger partial charge on any atom is -0.390 e. The fourth-order valence-electron chi connectivity index (χ4n) is 5.14. The zero-order valence-electron chi connectivity index (χ0n) is 20.9. The summed E-state index contributed by atoms with van der Waals surface area (Å²) in [5, 5.41) is 15.4. The average molecular weight is 553 g/mol. The number of aliphatic hydroxyl groups excluding tert-OH is 1. The number of likely N-dealkylation sites (tertiary alicyclic amines) is 1. The lowest BCUT2D eigenvalue weighted by Crippen LogP contribution is -2.54. The Bertz CT molecular complexity index is 1280. The molecular formula is C29H30Cl2N4O3. The maximum Gasteiger partial charge on any atom is 0.256 e. The third-order valence-electron chi connectivity index (χ3n) is 7.25. The topological polar surface area (TPSA) is 76.1 Å². The van der Waals surface area contributed by atoms with E-state index in [0.717, 1.165) is 5.56 Å². The van der Waals surface area contributed by atoms with Crippen molar-refractivity contribution in [2.75, 3.05) is 44.6 Å². The SMILES string of the molecule is O=C(c1ccc(Cl)cc1)N1CCN(C2CN(C(=O)c3ccc(Cl)cc3NCc3ccccc3)CC2O)CC1. The van der Waals surface area contributed by atoms with Crippen molar-refractivity contribution >= 4 is 40.7 Å². The summed E-state index contributed by atoms with van der Waals surface area (Å²) in [6, 6.07) is 21.9. The van der Waals surface area contributed by atoms with Crippen LogP contribution >= 0.6 is 23.2 Å². The van der Waals surface area contributed by atoms with Gasteiger partial charge in [-0.25, -0.2) is 0 Å². The molecule has 5 rings (SSSR count). The minimum absolute atomic E-state index is 0.0247. The summed E-state index contributed by atoms with van der Waals surface area (Å²) < 4.78 is 0. The first-order valence-corrected chi connectivity index (χ1v) is 13.5. The summed E-state index contributed by atoms with van der Waals surface area (Å²) in [6.45, 7) is 3.63. The normalized spacial score (nSPS) is 20.0. The Kier molecular flexibility index (Phi) is 8.19. The molecule has 2 aliphatic heterocycles. The van der Waals surface area contributed by atoms with Crippen molar-refractivity contribution in [3.8, 4) is 0 Å². The van der Waals surface area contributed by atoms with Gasteiger partial charge in [0.2, 0.25) is 0 Å². The molecule has 2 N–H and O–H groups in total. The number of nitrogens with one attached hydrogen (secondary N) is 1. The number of rotatable bonds is 6. The lowest BCUT2D eigenvalue weighted by Gasteiger charge is -2.38. The highest BCUT2D eigenvalue weighted by molar-refractivity contribution is 6.31. The first-order chi connectivity index (χ1) is 18.4. The molecule has 0 aromatic heterocycles. The van der Waals surface area contributed by atoms with E-state index in [-0.39, 0.29) is 24.4 Å². The van der Waals surface area contributed by atoms with Gasteiger partial charge in [-0.1, -0.05) is 53.5 Å². The molecule has 0 spiro atoms. The number of hydrogen-bond donors (Lipinski definition) is 2. The van der Waals surface area contributed by atoms with Gasteiger partial charge in [-0.3, -0.25) is 14.5 Å². The van der Waals surface area contributed by atoms with Crippen LogP contribution in [0.25, 0.3) is 0 Å². The highest BCUT2D eigenvalue weighted by Gasteiger charge is 2.39. The summed E-state index contributed by atoms with van der Waals surface area (Å²) in [5.74, 6) is -0.168. The second-order valence-corrected chi connectivity index (χ2v) is 10.6. The smallest absolute Gasteiger partial charge is 0.256 e. The second-order valence-electron chi connectivity index (χ2n) is 9.71. The highest BCUT2D eigenvalue weighted by atomic mass is 35.5. The zero-order chi connectivity index (χ0) is 26.6. The maximum atomic E-state index is 13.5. The number of nitrogens with zero attached hydrogens (tertiary/aromatic N) is 3. The molecule has 0 aliphatic carbocycles. The van der Waals surface area contributed by atoms with Gasteiger partial charge in [-0.2, -0.15) is 0 Å². The molecule has 2 saturated heterocycles. The molecule has 9 heteroatoms.